The first-order valence-corrected chi connectivity index (χ1v) is 11.8. The lowest BCUT2D eigenvalue weighted by atomic mass is 10.2. The van der Waals surface area contributed by atoms with Crippen LogP contribution in [0.3, 0.4) is 0 Å². The van der Waals surface area contributed by atoms with Gasteiger partial charge in [-0.2, -0.15) is 17.5 Å². The minimum atomic E-state index is -4.61. The van der Waals surface area contributed by atoms with Crippen molar-refractivity contribution in [1.29, 1.82) is 0 Å². The number of methoxy groups -OCH3 is 1. The summed E-state index contributed by atoms with van der Waals surface area (Å²) in [5.74, 6) is -0.540. The van der Waals surface area contributed by atoms with E-state index >= 15 is 0 Å². The average Bonchev–Trinajstić information content (AvgIpc) is 3.08. The maximum Gasteiger partial charge on any atom is 0.422 e. The zero-order valence-electron chi connectivity index (χ0n) is 18.0. The third-order valence-corrected chi connectivity index (χ3v) is 7.02. The molecule has 2 aromatic carbocycles. The van der Waals surface area contributed by atoms with E-state index in [0.29, 0.717) is 18.8 Å². The molecule has 0 atom stereocenters. The molecule has 180 valence electrons. The highest BCUT2D eigenvalue weighted by molar-refractivity contribution is 7.89. The first-order valence-electron chi connectivity index (χ1n) is 10.4. The van der Waals surface area contributed by atoms with Crippen LogP contribution in [-0.4, -0.2) is 51.6 Å². The van der Waals surface area contributed by atoms with Gasteiger partial charge in [0, 0.05) is 18.7 Å². The van der Waals surface area contributed by atoms with Crippen molar-refractivity contribution >= 4 is 21.6 Å². The van der Waals surface area contributed by atoms with Gasteiger partial charge in [0.1, 0.15) is 11.5 Å². The quantitative estimate of drug-likeness (QED) is 0.625. The minimum absolute atomic E-state index is 0.135. The number of anilines is 1. The Labute approximate surface area is 190 Å². The number of nitrogens with zero attached hydrogens (tertiary/aromatic N) is 1. The molecule has 1 heterocycles. The van der Waals surface area contributed by atoms with Gasteiger partial charge in [-0.25, -0.2) is 8.42 Å². The molecule has 0 saturated carbocycles. The van der Waals surface area contributed by atoms with E-state index in [4.69, 9.17) is 9.47 Å². The summed E-state index contributed by atoms with van der Waals surface area (Å²) in [6.07, 6.45) is -1.29. The maximum atomic E-state index is 13.1. The number of alkyl halides is 3. The van der Waals surface area contributed by atoms with Gasteiger partial charge in [0.15, 0.2) is 6.61 Å². The Hall–Kier alpha value is -2.79. The normalized spacial score (nSPS) is 15.5. The van der Waals surface area contributed by atoms with E-state index in [9.17, 15) is 26.4 Å². The molecule has 7 nitrogen and oxygen atoms in total. The molecule has 1 N–H and O–H groups in total. The Balaban J connectivity index is 1.94. The number of sulfonamides is 1. The number of ether oxygens (including phenoxy) is 2. The van der Waals surface area contributed by atoms with Gasteiger partial charge in [0.25, 0.3) is 5.91 Å². The van der Waals surface area contributed by atoms with E-state index in [1.54, 1.807) is 12.1 Å². The second kappa shape index (κ2) is 10.4. The Morgan fingerprint density at radius 1 is 1.06 bits per heavy atom. The topological polar surface area (TPSA) is 84.9 Å². The molecule has 0 spiro atoms. The number of nitrogens with one attached hydrogen (secondary N) is 1. The molecule has 2 aromatic rings. The van der Waals surface area contributed by atoms with Gasteiger partial charge in [-0.05, 0) is 49.2 Å². The lowest BCUT2D eigenvalue weighted by molar-refractivity contribution is -0.153. The van der Waals surface area contributed by atoms with Gasteiger partial charge in [-0.3, -0.25) is 4.79 Å². The lowest BCUT2D eigenvalue weighted by Gasteiger charge is -2.21. The highest BCUT2D eigenvalue weighted by atomic mass is 32.2. The fourth-order valence-corrected chi connectivity index (χ4v) is 4.99. The fourth-order valence-electron chi connectivity index (χ4n) is 3.44. The molecule has 0 radical (unpaired) electrons. The standard InChI is InChI=1S/C22H25F3N2O5S/c1-31-17-8-6-7-16(13-17)21(28)26-19-14-18(9-10-20(19)32-15-22(23,24)25)33(29,30)27-11-4-2-3-5-12-27/h6-10,13-14H,2-5,11-12,15H2,1H3,(H,26,28). The van der Waals surface area contributed by atoms with E-state index in [2.05, 4.69) is 5.32 Å². The molecule has 1 saturated heterocycles. The Morgan fingerprint density at radius 3 is 2.39 bits per heavy atom. The number of hydrogen-bond donors (Lipinski definition) is 1. The van der Waals surface area contributed by atoms with Crippen LogP contribution in [0.1, 0.15) is 36.0 Å². The van der Waals surface area contributed by atoms with E-state index in [-0.39, 0.29) is 21.9 Å². The van der Waals surface area contributed by atoms with Crippen molar-refractivity contribution in [3.8, 4) is 11.5 Å². The number of carbonyl (C=O) groups is 1. The van der Waals surface area contributed by atoms with Crippen molar-refractivity contribution in [1.82, 2.24) is 4.31 Å². The largest absolute Gasteiger partial charge is 0.497 e. The number of benzene rings is 2. The van der Waals surface area contributed by atoms with Crippen molar-refractivity contribution < 1.29 is 35.9 Å². The van der Waals surface area contributed by atoms with Crippen LogP contribution < -0.4 is 14.8 Å². The molecule has 11 heteroatoms. The lowest BCUT2D eigenvalue weighted by Crippen LogP contribution is -2.32. The third-order valence-electron chi connectivity index (χ3n) is 5.13. The van der Waals surface area contributed by atoms with Crippen molar-refractivity contribution in [2.45, 2.75) is 36.8 Å². The van der Waals surface area contributed by atoms with Gasteiger partial charge in [-0.15, -0.1) is 0 Å². The monoisotopic (exact) mass is 486 g/mol. The summed E-state index contributed by atoms with van der Waals surface area (Å²) in [7, 11) is -2.47. The van der Waals surface area contributed by atoms with Crippen LogP contribution in [0.15, 0.2) is 47.4 Å². The molecule has 33 heavy (non-hydrogen) atoms. The van der Waals surface area contributed by atoms with E-state index in [1.165, 1.54) is 29.6 Å². The van der Waals surface area contributed by atoms with Gasteiger partial charge in [0.2, 0.25) is 10.0 Å². The summed E-state index contributed by atoms with van der Waals surface area (Å²) in [4.78, 5) is 12.6. The van der Waals surface area contributed by atoms with Crippen molar-refractivity contribution in [3.05, 3.63) is 48.0 Å². The van der Waals surface area contributed by atoms with Crippen LogP contribution in [0.4, 0.5) is 18.9 Å². The molecule has 1 aliphatic rings. The number of halogens is 3. The molecule has 1 fully saturated rings. The zero-order valence-corrected chi connectivity index (χ0v) is 18.8. The van der Waals surface area contributed by atoms with Crippen molar-refractivity contribution in [2.24, 2.45) is 0 Å². The fraction of sp³-hybridized carbons (Fsp3) is 0.409. The SMILES string of the molecule is COc1cccc(C(=O)Nc2cc(S(=O)(=O)N3CCCCCC3)ccc2OCC(F)(F)F)c1. The van der Waals surface area contributed by atoms with Gasteiger partial charge in [-0.1, -0.05) is 18.9 Å². The molecular weight excluding hydrogens is 461 g/mol. The summed E-state index contributed by atoms with van der Waals surface area (Å²) in [5.41, 5.74) is -0.000124. The van der Waals surface area contributed by atoms with Gasteiger partial charge < -0.3 is 14.8 Å². The minimum Gasteiger partial charge on any atom is -0.497 e. The Bertz CT molecular complexity index is 1080. The predicted octanol–water partition coefficient (Wildman–Crippen LogP) is 4.45. The Kier molecular flexibility index (Phi) is 7.85. The van der Waals surface area contributed by atoms with Gasteiger partial charge in [0.05, 0.1) is 17.7 Å². The van der Waals surface area contributed by atoms with Crippen LogP contribution in [-0.2, 0) is 10.0 Å². The molecule has 1 aliphatic heterocycles. The predicted molar refractivity (Wildman–Crippen MR) is 116 cm³/mol. The maximum absolute atomic E-state index is 13.1. The highest BCUT2D eigenvalue weighted by Gasteiger charge is 2.30. The Morgan fingerprint density at radius 2 is 1.76 bits per heavy atom. The number of carbonyl (C=O) groups excluding carboxylic acids is 1. The van der Waals surface area contributed by atoms with E-state index < -0.39 is 28.7 Å². The van der Waals surface area contributed by atoms with Crippen LogP contribution in [0, 0.1) is 0 Å². The molecule has 1 amide bonds. The summed E-state index contributed by atoms with van der Waals surface area (Å²) >= 11 is 0. The second-order valence-electron chi connectivity index (χ2n) is 7.57. The van der Waals surface area contributed by atoms with Crippen LogP contribution >= 0.6 is 0 Å². The van der Waals surface area contributed by atoms with Gasteiger partial charge >= 0.3 is 6.18 Å². The van der Waals surface area contributed by atoms with E-state index in [0.717, 1.165) is 37.8 Å². The highest BCUT2D eigenvalue weighted by Crippen LogP contribution is 2.32. The van der Waals surface area contributed by atoms with Crippen LogP contribution in [0.25, 0.3) is 0 Å². The third kappa shape index (κ3) is 6.61. The zero-order chi connectivity index (χ0) is 24.1. The summed E-state index contributed by atoms with van der Waals surface area (Å²) < 4.78 is 75.7. The number of rotatable bonds is 7. The molecule has 0 aliphatic carbocycles. The smallest absolute Gasteiger partial charge is 0.422 e. The molecular formula is C22H25F3N2O5S. The first-order chi connectivity index (χ1) is 15.6. The average molecular weight is 487 g/mol. The van der Waals surface area contributed by atoms with Crippen LogP contribution in [0.5, 0.6) is 11.5 Å². The van der Waals surface area contributed by atoms with E-state index in [1.807, 2.05) is 0 Å². The number of hydrogen-bond acceptors (Lipinski definition) is 5. The number of amides is 1. The molecule has 0 unspecified atom stereocenters. The first kappa shape index (κ1) is 24.8. The molecule has 3 rings (SSSR count). The second-order valence-corrected chi connectivity index (χ2v) is 9.50. The summed E-state index contributed by atoms with van der Waals surface area (Å²) in [6, 6.07) is 9.59. The summed E-state index contributed by atoms with van der Waals surface area (Å²) in [5, 5.41) is 2.47. The molecule has 0 aromatic heterocycles. The van der Waals surface area contributed by atoms with Crippen LogP contribution in [0.2, 0.25) is 0 Å². The van der Waals surface area contributed by atoms with Crippen molar-refractivity contribution in [3.63, 3.8) is 0 Å². The summed E-state index contributed by atoms with van der Waals surface area (Å²) in [6.45, 7) is -0.867. The van der Waals surface area contributed by atoms with Crippen molar-refractivity contribution in [2.75, 3.05) is 32.1 Å². The molecule has 0 bridgehead atoms.